The van der Waals surface area contributed by atoms with Crippen molar-refractivity contribution in [3.63, 3.8) is 0 Å². The number of para-hydroxylation sites is 2. The molecule has 2 unspecified atom stereocenters. The molecule has 3 aliphatic rings. The van der Waals surface area contributed by atoms with Crippen molar-refractivity contribution in [2.24, 2.45) is 4.99 Å². The Morgan fingerprint density at radius 2 is 1.30 bits per heavy atom. The molecule has 0 N–H and O–H groups in total. The lowest BCUT2D eigenvalue weighted by molar-refractivity contribution is 0.379. The van der Waals surface area contributed by atoms with Gasteiger partial charge in [-0.2, -0.15) is 0 Å². The zero-order valence-electron chi connectivity index (χ0n) is 32.8. The third-order valence-electron chi connectivity index (χ3n) is 13.0. The van der Waals surface area contributed by atoms with Gasteiger partial charge in [-0.3, -0.25) is 4.99 Å². The molecule has 0 spiro atoms. The monoisotopic (exact) mass is 771 g/mol. The lowest BCUT2D eigenvalue weighted by Gasteiger charge is -2.31. The molecule has 4 heterocycles. The summed E-state index contributed by atoms with van der Waals surface area (Å²) in [5.41, 5.74) is 14.8. The zero-order valence-corrected chi connectivity index (χ0v) is 32.8. The maximum atomic E-state index is 7.19. The van der Waals surface area contributed by atoms with Crippen LogP contribution in [0.1, 0.15) is 40.8 Å². The highest BCUT2D eigenvalue weighted by Crippen LogP contribution is 2.47. The summed E-state index contributed by atoms with van der Waals surface area (Å²) in [4.78, 5) is 8.17. The van der Waals surface area contributed by atoms with Crippen molar-refractivity contribution < 1.29 is 8.83 Å². The number of benzene rings is 7. The highest BCUT2D eigenvalue weighted by molar-refractivity contribution is 6.13. The van der Waals surface area contributed by atoms with Crippen molar-refractivity contribution in [2.75, 3.05) is 7.05 Å². The van der Waals surface area contributed by atoms with Crippen LogP contribution in [-0.2, 0) is 0 Å². The number of nitrogens with zero attached hydrogens (tertiary/aromatic N) is 3. The summed E-state index contributed by atoms with van der Waals surface area (Å²) in [7, 11) is 2.21. The van der Waals surface area contributed by atoms with E-state index in [1.54, 1.807) is 0 Å². The van der Waals surface area contributed by atoms with E-state index < -0.39 is 0 Å². The molecule has 5 nitrogen and oxygen atoms in total. The summed E-state index contributed by atoms with van der Waals surface area (Å²) >= 11 is 0. The van der Waals surface area contributed by atoms with Gasteiger partial charge in [-0.15, -0.1) is 0 Å². The predicted molar refractivity (Wildman–Crippen MR) is 244 cm³/mol. The number of amidine groups is 1. The fraction of sp³-hybridized carbons (Fsp3) is 0.0727. The first-order valence-corrected chi connectivity index (χ1v) is 20.7. The van der Waals surface area contributed by atoms with Crippen molar-refractivity contribution in [1.29, 1.82) is 0 Å². The molecule has 60 heavy (non-hydrogen) atoms. The quantitative estimate of drug-likeness (QED) is 0.180. The van der Waals surface area contributed by atoms with E-state index in [0.717, 1.165) is 89.3 Å². The Hall–Kier alpha value is -7.63. The number of allylic oxidation sites excluding steroid dienone is 3. The Kier molecular flexibility index (Phi) is 7.05. The molecule has 0 fully saturated rings. The Bertz CT molecular complexity index is 3600. The number of hydrogen-bond donors (Lipinski definition) is 0. The van der Waals surface area contributed by atoms with Crippen molar-refractivity contribution in [1.82, 2.24) is 9.47 Å². The number of aromatic nitrogens is 1. The molecule has 7 aromatic carbocycles. The minimum Gasteiger partial charge on any atom is -0.456 e. The molecule has 2 atom stereocenters. The maximum absolute atomic E-state index is 7.19. The second-order valence-electron chi connectivity index (χ2n) is 16.2. The van der Waals surface area contributed by atoms with E-state index in [1.165, 1.54) is 32.9 Å². The molecule has 10 aromatic rings. The van der Waals surface area contributed by atoms with Gasteiger partial charge in [0.2, 0.25) is 0 Å². The van der Waals surface area contributed by atoms with Gasteiger partial charge in [0.25, 0.3) is 0 Å². The SMILES string of the molecule is CN1C(c2ccccc2)=NC(c2ccccc2)/C2=C3/C=CC(=c4oc5cc(-n6c7ccccc7c7ccccc76)ccc5c4=C3)c3cccc4oc5cccc(c5c34)C1C2. The summed E-state index contributed by atoms with van der Waals surface area (Å²) in [6.45, 7) is 0. The first-order chi connectivity index (χ1) is 29.7. The summed E-state index contributed by atoms with van der Waals surface area (Å²) in [6, 6.07) is 58.2. The normalized spacial score (nSPS) is 18.6. The van der Waals surface area contributed by atoms with E-state index in [-0.39, 0.29) is 12.1 Å². The molecule has 0 saturated carbocycles. The minimum absolute atomic E-state index is 0.0441. The first-order valence-electron chi connectivity index (χ1n) is 20.7. The number of hydrogen-bond acceptors (Lipinski definition) is 4. The number of aliphatic imine (C=N–C) groups is 1. The van der Waals surface area contributed by atoms with Gasteiger partial charge in [0.05, 0.1) is 23.1 Å². The molecule has 3 aromatic heterocycles. The van der Waals surface area contributed by atoms with Gasteiger partial charge in [0.1, 0.15) is 28.0 Å². The molecule has 0 saturated heterocycles. The van der Waals surface area contributed by atoms with Crippen molar-refractivity contribution in [3.8, 4) is 5.69 Å². The molecule has 5 heteroatoms. The van der Waals surface area contributed by atoms with Gasteiger partial charge in [-0.1, -0.05) is 127 Å². The van der Waals surface area contributed by atoms with E-state index in [0.29, 0.717) is 0 Å². The molecular formula is C55H37N3O2. The molecule has 13 rings (SSSR count). The van der Waals surface area contributed by atoms with Crippen LogP contribution in [0.4, 0.5) is 0 Å². The molecule has 2 aliphatic carbocycles. The molecule has 0 amide bonds. The second-order valence-corrected chi connectivity index (χ2v) is 16.2. The van der Waals surface area contributed by atoms with Gasteiger partial charge in [-0.25, -0.2) is 0 Å². The molecule has 1 aliphatic heterocycles. The number of fused-ring (bicyclic) bond motifs is 12. The zero-order chi connectivity index (χ0) is 39.5. The second kappa shape index (κ2) is 12.7. The summed E-state index contributed by atoms with van der Waals surface area (Å²) < 4.78 is 16.3. The molecule has 0 radical (unpaired) electrons. The fourth-order valence-electron chi connectivity index (χ4n) is 10.3. The van der Waals surface area contributed by atoms with E-state index in [4.69, 9.17) is 13.8 Å². The van der Waals surface area contributed by atoms with Crippen LogP contribution in [0.15, 0.2) is 201 Å². The highest BCUT2D eigenvalue weighted by atomic mass is 16.3. The van der Waals surface area contributed by atoms with Crippen molar-refractivity contribution in [2.45, 2.75) is 18.5 Å². The third kappa shape index (κ3) is 4.77. The average molecular weight is 772 g/mol. The van der Waals surface area contributed by atoms with E-state index in [2.05, 4.69) is 199 Å². The van der Waals surface area contributed by atoms with Gasteiger partial charge < -0.3 is 18.3 Å². The van der Waals surface area contributed by atoms with Crippen LogP contribution in [0.5, 0.6) is 0 Å². The highest BCUT2D eigenvalue weighted by Gasteiger charge is 2.35. The molecular weight excluding hydrogens is 735 g/mol. The Morgan fingerprint density at radius 1 is 0.600 bits per heavy atom. The van der Waals surface area contributed by atoms with Crippen LogP contribution < -0.4 is 10.6 Å². The van der Waals surface area contributed by atoms with E-state index in [9.17, 15) is 0 Å². The Balaban J connectivity index is 1.17. The lowest BCUT2D eigenvalue weighted by Crippen LogP contribution is -2.31. The average Bonchev–Trinajstić information content (AvgIpc) is 3.88. The summed E-state index contributed by atoms with van der Waals surface area (Å²) in [5.74, 6) is 0.962. The van der Waals surface area contributed by atoms with Crippen LogP contribution in [-0.4, -0.2) is 22.4 Å². The van der Waals surface area contributed by atoms with E-state index >= 15 is 0 Å². The fourth-order valence-corrected chi connectivity index (χ4v) is 10.3. The van der Waals surface area contributed by atoms with Crippen LogP contribution in [0, 0.1) is 0 Å². The van der Waals surface area contributed by atoms with Gasteiger partial charge in [0, 0.05) is 62.1 Å². The Morgan fingerprint density at radius 3 is 2.08 bits per heavy atom. The Labute approximate surface area is 345 Å². The lowest BCUT2D eigenvalue weighted by atomic mass is 9.86. The third-order valence-corrected chi connectivity index (χ3v) is 13.0. The van der Waals surface area contributed by atoms with Gasteiger partial charge >= 0.3 is 0 Å². The molecule has 284 valence electrons. The summed E-state index contributed by atoms with van der Waals surface area (Å²) in [6.07, 6.45) is 7.70. The standard InChI is InChI=1S/C55H37N3O2/c1-57-47-32-43(53(33-14-4-2-5-15-33)56-55(57)34-16-6-3-7-17-34)35-26-28-41(40-20-12-24-48-51(40)52-42(47)21-13-25-49(52)59-48)54-44(30-35)39-29-27-36(31-50(39)60-54)58-45-22-10-8-18-37(45)38-19-9-11-23-46(38)58/h2-31,47,53H,32H2,1H3/b43-35-. The molecule has 4 bridgehead atoms. The van der Waals surface area contributed by atoms with Crippen LogP contribution in [0.2, 0.25) is 0 Å². The van der Waals surface area contributed by atoms with Crippen LogP contribution in [0.3, 0.4) is 0 Å². The minimum atomic E-state index is -0.235. The smallest absolute Gasteiger partial charge is 0.143 e. The summed E-state index contributed by atoms with van der Waals surface area (Å²) in [5, 5.41) is 6.84. The number of rotatable bonds is 3. The van der Waals surface area contributed by atoms with Crippen molar-refractivity contribution >= 4 is 72.2 Å². The van der Waals surface area contributed by atoms with E-state index in [1.807, 2.05) is 0 Å². The van der Waals surface area contributed by atoms with Crippen molar-refractivity contribution in [3.05, 3.63) is 220 Å². The van der Waals surface area contributed by atoms with Gasteiger partial charge in [0.15, 0.2) is 0 Å². The predicted octanol–water partition coefficient (Wildman–Crippen LogP) is 11.9. The van der Waals surface area contributed by atoms with Crippen LogP contribution >= 0.6 is 0 Å². The first kappa shape index (κ1) is 33.4. The number of furan rings is 2. The maximum Gasteiger partial charge on any atom is 0.143 e. The van der Waals surface area contributed by atoms with Crippen LogP contribution in [0.25, 0.3) is 72.1 Å². The topological polar surface area (TPSA) is 46.8 Å². The van der Waals surface area contributed by atoms with Gasteiger partial charge in [-0.05, 0) is 82.8 Å². The largest absolute Gasteiger partial charge is 0.456 e.